The van der Waals surface area contributed by atoms with Crippen molar-refractivity contribution in [3.8, 4) is 0 Å². The number of hydrogen-bond acceptors (Lipinski definition) is 4. The van der Waals surface area contributed by atoms with Crippen LogP contribution in [0.2, 0.25) is 0 Å². The van der Waals surface area contributed by atoms with Crippen LogP contribution in [-0.4, -0.2) is 32.8 Å². The van der Waals surface area contributed by atoms with E-state index in [-0.39, 0.29) is 6.10 Å². The first-order valence-corrected chi connectivity index (χ1v) is 4.91. The number of aryl methyl sites for hydroxylation is 1. The monoisotopic (exact) mass is 197 g/mol. The molecule has 5 nitrogen and oxygen atoms in total. The summed E-state index contributed by atoms with van der Waals surface area (Å²) in [4.78, 5) is 1.45. The number of aliphatic hydroxyl groups excluding tert-OH is 1. The molecule has 2 rings (SSSR count). The molecule has 1 saturated heterocycles. The molecule has 0 spiro atoms. The highest BCUT2D eigenvalue weighted by molar-refractivity contribution is 4.97. The summed E-state index contributed by atoms with van der Waals surface area (Å²) in [5.74, 6) is 0. The summed E-state index contributed by atoms with van der Waals surface area (Å²) < 4.78 is 5.44. The molecular weight excluding hydrogens is 182 g/mol. The SMILES string of the molecule is Cn1ncc(C(O)CC2CCCO2)n1. The van der Waals surface area contributed by atoms with Crippen LogP contribution in [0.5, 0.6) is 0 Å². The smallest absolute Gasteiger partial charge is 0.111 e. The van der Waals surface area contributed by atoms with E-state index in [0.29, 0.717) is 12.1 Å². The lowest BCUT2D eigenvalue weighted by Gasteiger charge is -2.12. The van der Waals surface area contributed by atoms with E-state index in [2.05, 4.69) is 10.2 Å². The highest BCUT2D eigenvalue weighted by Crippen LogP contribution is 2.23. The molecule has 1 fully saturated rings. The van der Waals surface area contributed by atoms with Crippen molar-refractivity contribution < 1.29 is 9.84 Å². The molecule has 5 heteroatoms. The van der Waals surface area contributed by atoms with Gasteiger partial charge in [-0.2, -0.15) is 15.0 Å². The van der Waals surface area contributed by atoms with Crippen LogP contribution in [0.1, 0.15) is 31.1 Å². The van der Waals surface area contributed by atoms with Crippen molar-refractivity contribution in [2.45, 2.75) is 31.5 Å². The van der Waals surface area contributed by atoms with E-state index < -0.39 is 6.10 Å². The summed E-state index contributed by atoms with van der Waals surface area (Å²) in [6.07, 6.45) is 3.99. The number of rotatable bonds is 3. The second kappa shape index (κ2) is 4.06. The fourth-order valence-corrected chi connectivity index (χ4v) is 1.71. The van der Waals surface area contributed by atoms with Crippen molar-refractivity contribution in [2.24, 2.45) is 7.05 Å². The third-order valence-corrected chi connectivity index (χ3v) is 2.47. The molecule has 1 N–H and O–H groups in total. The first-order valence-electron chi connectivity index (χ1n) is 4.91. The summed E-state index contributed by atoms with van der Waals surface area (Å²) in [6.45, 7) is 0.817. The average Bonchev–Trinajstić information content (AvgIpc) is 2.75. The Morgan fingerprint density at radius 2 is 2.64 bits per heavy atom. The van der Waals surface area contributed by atoms with Crippen LogP contribution < -0.4 is 0 Å². The molecule has 0 aromatic carbocycles. The number of aliphatic hydroxyl groups is 1. The van der Waals surface area contributed by atoms with Gasteiger partial charge in [-0.1, -0.05) is 0 Å². The van der Waals surface area contributed by atoms with Gasteiger partial charge in [-0.05, 0) is 12.8 Å². The normalized spacial score (nSPS) is 24.0. The van der Waals surface area contributed by atoms with Gasteiger partial charge in [0, 0.05) is 20.1 Å². The third-order valence-electron chi connectivity index (χ3n) is 2.47. The number of aromatic nitrogens is 3. The van der Waals surface area contributed by atoms with Crippen molar-refractivity contribution in [1.29, 1.82) is 0 Å². The number of nitrogens with zero attached hydrogens (tertiary/aromatic N) is 3. The molecule has 1 aromatic heterocycles. The Hall–Kier alpha value is -0.940. The van der Waals surface area contributed by atoms with Gasteiger partial charge in [0.25, 0.3) is 0 Å². The highest BCUT2D eigenvalue weighted by atomic mass is 16.5. The predicted octanol–water partition coefficient (Wildman–Crippen LogP) is 0.418. The lowest BCUT2D eigenvalue weighted by atomic mass is 10.1. The van der Waals surface area contributed by atoms with Crippen LogP contribution in [0.15, 0.2) is 6.20 Å². The molecular formula is C9H15N3O2. The minimum atomic E-state index is -0.549. The molecule has 0 saturated carbocycles. The lowest BCUT2D eigenvalue weighted by molar-refractivity contribution is 0.0517. The lowest BCUT2D eigenvalue weighted by Crippen LogP contribution is -2.11. The van der Waals surface area contributed by atoms with Crippen molar-refractivity contribution in [3.05, 3.63) is 11.9 Å². The Morgan fingerprint density at radius 3 is 3.21 bits per heavy atom. The maximum atomic E-state index is 9.80. The maximum absolute atomic E-state index is 9.80. The molecule has 0 amide bonds. The van der Waals surface area contributed by atoms with Gasteiger partial charge in [0.05, 0.1) is 12.3 Å². The predicted molar refractivity (Wildman–Crippen MR) is 49.6 cm³/mol. The quantitative estimate of drug-likeness (QED) is 0.762. The minimum Gasteiger partial charge on any atom is -0.387 e. The fraction of sp³-hybridized carbons (Fsp3) is 0.778. The van der Waals surface area contributed by atoms with Gasteiger partial charge < -0.3 is 9.84 Å². The van der Waals surface area contributed by atoms with E-state index in [0.717, 1.165) is 19.4 Å². The number of hydrogen-bond donors (Lipinski definition) is 1. The van der Waals surface area contributed by atoms with Crippen LogP contribution >= 0.6 is 0 Å². The molecule has 0 aliphatic carbocycles. The van der Waals surface area contributed by atoms with Gasteiger partial charge in [0.15, 0.2) is 0 Å². The molecule has 2 atom stereocenters. The first-order chi connectivity index (χ1) is 6.75. The van der Waals surface area contributed by atoms with Gasteiger partial charge in [0.2, 0.25) is 0 Å². The Kier molecular flexibility index (Phi) is 2.79. The summed E-state index contributed by atoms with van der Waals surface area (Å²) in [5.41, 5.74) is 0.628. The Bertz CT molecular complexity index is 294. The topological polar surface area (TPSA) is 60.2 Å². The van der Waals surface area contributed by atoms with Crippen LogP contribution in [0, 0.1) is 0 Å². The van der Waals surface area contributed by atoms with Crippen molar-refractivity contribution in [1.82, 2.24) is 15.0 Å². The van der Waals surface area contributed by atoms with Gasteiger partial charge in [-0.3, -0.25) is 0 Å². The van der Waals surface area contributed by atoms with Gasteiger partial charge in [-0.25, -0.2) is 0 Å². The average molecular weight is 197 g/mol. The standard InChI is InChI=1S/C9H15N3O2/c1-12-10-6-8(11-12)9(13)5-7-3-2-4-14-7/h6-7,9,13H,2-5H2,1H3. The molecule has 0 bridgehead atoms. The van der Waals surface area contributed by atoms with Crippen molar-refractivity contribution in [3.63, 3.8) is 0 Å². The fourth-order valence-electron chi connectivity index (χ4n) is 1.71. The van der Waals surface area contributed by atoms with Crippen LogP contribution in [0.25, 0.3) is 0 Å². The molecule has 14 heavy (non-hydrogen) atoms. The summed E-state index contributed by atoms with van der Waals surface area (Å²) in [5, 5.41) is 17.8. The van der Waals surface area contributed by atoms with E-state index >= 15 is 0 Å². The zero-order chi connectivity index (χ0) is 9.97. The molecule has 1 aromatic rings. The van der Waals surface area contributed by atoms with E-state index in [1.54, 1.807) is 13.2 Å². The van der Waals surface area contributed by atoms with Crippen LogP contribution in [-0.2, 0) is 11.8 Å². The molecule has 2 heterocycles. The van der Waals surface area contributed by atoms with Gasteiger partial charge in [-0.15, -0.1) is 0 Å². The summed E-state index contributed by atoms with van der Waals surface area (Å²) in [6, 6.07) is 0. The summed E-state index contributed by atoms with van der Waals surface area (Å²) in [7, 11) is 1.74. The minimum absolute atomic E-state index is 0.187. The van der Waals surface area contributed by atoms with Gasteiger partial charge in [0.1, 0.15) is 11.8 Å². The highest BCUT2D eigenvalue weighted by Gasteiger charge is 2.21. The molecule has 1 aliphatic heterocycles. The molecule has 2 unspecified atom stereocenters. The number of ether oxygens (including phenoxy) is 1. The van der Waals surface area contributed by atoms with Gasteiger partial charge >= 0.3 is 0 Å². The van der Waals surface area contributed by atoms with Crippen molar-refractivity contribution >= 4 is 0 Å². The van der Waals surface area contributed by atoms with Crippen LogP contribution in [0.4, 0.5) is 0 Å². The molecule has 0 radical (unpaired) electrons. The zero-order valence-corrected chi connectivity index (χ0v) is 8.26. The molecule has 1 aliphatic rings. The zero-order valence-electron chi connectivity index (χ0n) is 8.26. The second-order valence-electron chi connectivity index (χ2n) is 3.65. The Balaban J connectivity index is 1.91. The maximum Gasteiger partial charge on any atom is 0.111 e. The van der Waals surface area contributed by atoms with E-state index in [1.807, 2.05) is 0 Å². The summed E-state index contributed by atoms with van der Waals surface area (Å²) >= 11 is 0. The van der Waals surface area contributed by atoms with E-state index in [4.69, 9.17) is 4.74 Å². The Morgan fingerprint density at radius 1 is 1.79 bits per heavy atom. The Labute approximate surface area is 82.7 Å². The van der Waals surface area contributed by atoms with Crippen LogP contribution in [0.3, 0.4) is 0 Å². The van der Waals surface area contributed by atoms with Crippen molar-refractivity contribution in [2.75, 3.05) is 6.61 Å². The first kappa shape index (κ1) is 9.61. The van der Waals surface area contributed by atoms with E-state index in [9.17, 15) is 5.11 Å². The largest absolute Gasteiger partial charge is 0.387 e. The third kappa shape index (κ3) is 2.10. The van der Waals surface area contributed by atoms with E-state index in [1.165, 1.54) is 4.80 Å². The molecule has 78 valence electrons. The second-order valence-corrected chi connectivity index (χ2v) is 3.65.